The predicted octanol–water partition coefficient (Wildman–Crippen LogP) is 3.12. The van der Waals surface area contributed by atoms with Gasteiger partial charge in [-0.2, -0.15) is 5.10 Å². The second-order valence-electron chi connectivity index (χ2n) is 8.01. The highest BCUT2D eigenvalue weighted by Crippen LogP contribution is 2.32. The number of hydrogen-bond acceptors (Lipinski definition) is 8. The van der Waals surface area contributed by atoms with E-state index < -0.39 is 22.5 Å². The van der Waals surface area contributed by atoms with Gasteiger partial charge in [0.05, 0.1) is 38.1 Å². The topological polar surface area (TPSA) is 110 Å². The number of methoxy groups -OCH3 is 3. The molecule has 0 saturated carbocycles. The van der Waals surface area contributed by atoms with Crippen LogP contribution in [-0.2, 0) is 14.8 Å². The molecule has 0 spiro atoms. The van der Waals surface area contributed by atoms with Crippen molar-refractivity contribution in [3.8, 4) is 17.2 Å². The number of carbonyl (C=O) groups excluding carboxylic acids is 1. The third-order valence-corrected chi connectivity index (χ3v) is 7.17. The molecule has 1 N–H and O–H groups in total. The number of benzene rings is 3. The number of sulfonamides is 1. The third-order valence-electron chi connectivity index (χ3n) is 5.40. The van der Waals surface area contributed by atoms with Crippen molar-refractivity contribution in [3.63, 3.8) is 0 Å². The molecule has 0 aliphatic heterocycles. The van der Waals surface area contributed by atoms with Gasteiger partial charge in [0.25, 0.3) is 15.9 Å². The van der Waals surface area contributed by atoms with Crippen LogP contribution in [0.25, 0.3) is 0 Å². The third kappa shape index (κ3) is 6.70. The maximum atomic E-state index is 13.6. The lowest BCUT2D eigenvalue weighted by atomic mass is 10.2. The minimum absolute atomic E-state index is 0.0711. The SMILES string of the molecule is COc1ccc(N(CC(=O)N/N=C\c2ccc(N(C)C)cc2)S(=O)(=O)c2ccc(OC)c(OC)c2)cc1. The molecule has 0 aliphatic carbocycles. The van der Waals surface area contributed by atoms with Crippen LogP contribution in [0.5, 0.6) is 17.2 Å². The number of hydrogen-bond donors (Lipinski definition) is 1. The fourth-order valence-electron chi connectivity index (χ4n) is 3.37. The average molecular weight is 527 g/mol. The Balaban J connectivity index is 1.86. The molecule has 3 aromatic carbocycles. The molecule has 0 aromatic heterocycles. The van der Waals surface area contributed by atoms with Gasteiger partial charge in [0.15, 0.2) is 11.5 Å². The van der Waals surface area contributed by atoms with E-state index >= 15 is 0 Å². The number of nitrogens with zero attached hydrogens (tertiary/aromatic N) is 3. The molecule has 1 amide bonds. The number of ether oxygens (including phenoxy) is 3. The summed E-state index contributed by atoms with van der Waals surface area (Å²) in [5.74, 6) is 0.540. The van der Waals surface area contributed by atoms with Gasteiger partial charge >= 0.3 is 0 Å². The van der Waals surface area contributed by atoms with Crippen LogP contribution in [-0.4, -0.2) is 62.5 Å². The molecule has 196 valence electrons. The van der Waals surface area contributed by atoms with E-state index in [0.29, 0.717) is 11.5 Å². The molecular weight excluding hydrogens is 496 g/mol. The largest absolute Gasteiger partial charge is 0.497 e. The first-order valence-electron chi connectivity index (χ1n) is 11.2. The van der Waals surface area contributed by atoms with Crippen LogP contribution in [0, 0.1) is 0 Å². The van der Waals surface area contributed by atoms with Crippen molar-refractivity contribution in [2.75, 3.05) is 51.2 Å². The van der Waals surface area contributed by atoms with Crippen LogP contribution in [0.1, 0.15) is 5.56 Å². The monoisotopic (exact) mass is 526 g/mol. The van der Waals surface area contributed by atoms with Crippen molar-refractivity contribution in [2.45, 2.75) is 4.90 Å². The molecule has 3 aromatic rings. The molecule has 0 heterocycles. The highest BCUT2D eigenvalue weighted by molar-refractivity contribution is 7.92. The van der Waals surface area contributed by atoms with Crippen molar-refractivity contribution in [1.29, 1.82) is 0 Å². The Morgan fingerprint density at radius 3 is 2.05 bits per heavy atom. The molecule has 10 nitrogen and oxygen atoms in total. The Labute approximate surface area is 217 Å². The van der Waals surface area contributed by atoms with Crippen LogP contribution < -0.4 is 28.8 Å². The molecule has 0 unspecified atom stereocenters. The first kappa shape index (κ1) is 27.3. The Hall–Kier alpha value is -4.25. The van der Waals surface area contributed by atoms with Gasteiger partial charge in [-0.3, -0.25) is 9.10 Å². The highest BCUT2D eigenvalue weighted by atomic mass is 32.2. The Kier molecular flexibility index (Phi) is 8.96. The van der Waals surface area contributed by atoms with Crippen molar-refractivity contribution in [2.24, 2.45) is 5.10 Å². The van der Waals surface area contributed by atoms with Crippen LogP contribution in [0.15, 0.2) is 76.7 Å². The van der Waals surface area contributed by atoms with E-state index in [1.165, 1.54) is 45.7 Å². The molecule has 0 fully saturated rings. The average Bonchev–Trinajstić information content (AvgIpc) is 2.91. The lowest BCUT2D eigenvalue weighted by Crippen LogP contribution is -2.39. The maximum Gasteiger partial charge on any atom is 0.264 e. The van der Waals surface area contributed by atoms with Gasteiger partial charge in [0.2, 0.25) is 0 Å². The second kappa shape index (κ2) is 12.1. The van der Waals surface area contributed by atoms with Crippen molar-refractivity contribution >= 4 is 33.5 Å². The van der Waals surface area contributed by atoms with E-state index in [0.717, 1.165) is 15.6 Å². The highest BCUT2D eigenvalue weighted by Gasteiger charge is 2.28. The lowest BCUT2D eigenvalue weighted by Gasteiger charge is -2.24. The summed E-state index contributed by atoms with van der Waals surface area (Å²) in [4.78, 5) is 14.7. The summed E-state index contributed by atoms with van der Waals surface area (Å²) in [6.07, 6.45) is 1.48. The number of carbonyl (C=O) groups is 1. The van der Waals surface area contributed by atoms with Gasteiger partial charge in [-0.25, -0.2) is 13.8 Å². The van der Waals surface area contributed by atoms with Crippen LogP contribution in [0.4, 0.5) is 11.4 Å². The molecule has 37 heavy (non-hydrogen) atoms. The summed E-state index contributed by atoms with van der Waals surface area (Å²) in [6.45, 7) is -0.514. The molecule has 3 rings (SSSR count). The molecule has 0 atom stereocenters. The molecule has 0 bridgehead atoms. The minimum atomic E-state index is -4.18. The zero-order valence-electron chi connectivity index (χ0n) is 21.3. The standard InChI is InChI=1S/C26H30N4O6S/c1-29(2)20-8-6-19(7-9-20)17-27-28-26(31)18-30(21-10-12-22(34-3)13-11-21)37(32,33)23-14-15-24(35-4)25(16-23)36-5/h6-17H,18H2,1-5H3,(H,28,31)/b27-17-. The zero-order chi connectivity index (χ0) is 27.0. The fraction of sp³-hybridized carbons (Fsp3) is 0.231. The van der Waals surface area contributed by atoms with Crippen molar-refractivity contribution in [3.05, 3.63) is 72.3 Å². The van der Waals surface area contributed by atoms with Crippen LogP contribution in [0.2, 0.25) is 0 Å². The van der Waals surface area contributed by atoms with Gasteiger partial charge in [0.1, 0.15) is 12.3 Å². The van der Waals surface area contributed by atoms with Crippen LogP contribution >= 0.6 is 0 Å². The van der Waals surface area contributed by atoms with E-state index in [9.17, 15) is 13.2 Å². The predicted molar refractivity (Wildman–Crippen MR) is 144 cm³/mol. The van der Waals surface area contributed by atoms with Crippen molar-refractivity contribution < 1.29 is 27.4 Å². The quantitative estimate of drug-likeness (QED) is 0.302. The van der Waals surface area contributed by atoms with Crippen molar-refractivity contribution in [1.82, 2.24) is 5.43 Å². The molecule has 0 saturated heterocycles. The van der Waals surface area contributed by atoms with Gasteiger partial charge in [-0.15, -0.1) is 0 Å². The van der Waals surface area contributed by atoms with Crippen LogP contribution in [0.3, 0.4) is 0 Å². The Morgan fingerprint density at radius 1 is 0.865 bits per heavy atom. The van der Waals surface area contributed by atoms with E-state index in [1.807, 2.05) is 43.3 Å². The number of anilines is 2. The molecule has 0 aliphatic rings. The number of nitrogens with one attached hydrogen (secondary N) is 1. The van der Waals surface area contributed by atoms with Gasteiger partial charge in [0, 0.05) is 25.8 Å². The Morgan fingerprint density at radius 2 is 1.49 bits per heavy atom. The van der Waals surface area contributed by atoms with Gasteiger partial charge < -0.3 is 19.1 Å². The fourth-order valence-corrected chi connectivity index (χ4v) is 4.81. The smallest absolute Gasteiger partial charge is 0.264 e. The maximum absolute atomic E-state index is 13.6. The second-order valence-corrected chi connectivity index (χ2v) is 9.87. The summed E-state index contributed by atoms with van der Waals surface area (Å²) in [6, 6.07) is 18.1. The van der Waals surface area contributed by atoms with E-state index in [-0.39, 0.29) is 16.3 Å². The first-order valence-corrected chi connectivity index (χ1v) is 12.6. The molecule has 11 heteroatoms. The summed E-state index contributed by atoms with van der Waals surface area (Å²) < 4.78 is 43.9. The van der Waals surface area contributed by atoms with Gasteiger partial charge in [-0.05, 0) is 54.1 Å². The summed E-state index contributed by atoms with van der Waals surface area (Å²) >= 11 is 0. The number of rotatable bonds is 11. The molecule has 0 radical (unpaired) electrons. The summed E-state index contributed by atoms with van der Waals surface area (Å²) in [5.41, 5.74) is 4.47. The van der Waals surface area contributed by atoms with Gasteiger partial charge in [-0.1, -0.05) is 12.1 Å². The van der Waals surface area contributed by atoms with E-state index in [1.54, 1.807) is 24.3 Å². The normalized spacial score (nSPS) is 11.2. The minimum Gasteiger partial charge on any atom is -0.497 e. The zero-order valence-corrected chi connectivity index (χ0v) is 22.2. The van der Waals surface area contributed by atoms with E-state index in [4.69, 9.17) is 14.2 Å². The summed E-state index contributed by atoms with van der Waals surface area (Å²) in [7, 11) is 4.07. The first-order chi connectivity index (χ1) is 17.7. The van der Waals surface area contributed by atoms with E-state index in [2.05, 4.69) is 10.5 Å². The summed E-state index contributed by atoms with van der Waals surface area (Å²) in [5, 5.41) is 3.98. The number of amides is 1. The number of hydrazone groups is 1. The molecular formula is C26H30N4O6S. The lowest BCUT2D eigenvalue weighted by molar-refractivity contribution is -0.119. The Bertz CT molecular complexity index is 1340.